The Morgan fingerprint density at radius 1 is 1.10 bits per heavy atom. The maximum absolute atomic E-state index is 5.93. The predicted molar refractivity (Wildman–Crippen MR) is 90.9 cm³/mol. The number of halogens is 1. The SMILES string of the molecule is CC(C)c1cc(Br)ccc1OCCSc1ccccc1. The monoisotopic (exact) mass is 350 g/mol. The van der Waals surface area contributed by atoms with Gasteiger partial charge in [-0.3, -0.25) is 0 Å². The lowest BCUT2D eigenvalue weighted by Crippen LogP contribution is -2.03. The van der Waals surface area contributed by atoms with Gasteiger partial charge in [-0.1, -0.05) is 48.0 Å². The van der Waals surface area contributed by atoms with Crippen molar-refractivity contribution < 1.29 is 4.74 Å². The van der Waals surface area contributed by atoms with Crippen LogP contribution in [0.1, 0.15) is 25.3 Å². The average molecular weight is 351 g/mol. The standard InChI is InChI=1S/C17H19BrOS/c1-13(2)16-12-14(18)8-9-17(16)19-10-11-20-15-6-4-3-5-7-15/h3-9,12-13H,10-11H2,1-2H3. The number of benzene rings is 2. The molecule has 0 aliphatic rings. The molecule has 0 amide bonds. The van der Waals surface area contributed by atoms with E-state index in [9.17, 15) is 0 Å². The molecule has 0 aromatic heterocycles. The summed E-state index contributed by atoms with van der Waals surface area (Å²) in [6.07, 6.45) is 0. The highest BCUT2D eigenvalue weighted by Crippen LogP contribution is 2.29. The molecule has 0 bridgehead atoms. The Bertz CT molecular complexity index is 540. The van der Waals surface area contributed by atoms with E-state index < -0.39 is 0 Å². The fraction of sp³-hybridized carbons (Fsp3) is 0.294. The molecule has 0 unspecified atom stereocenters. The van der Waals surface area contributed by atoms with Crippen LogP contribution in [0.5, 0.6) is 5.75 Å². The quantitative estimate of drug-likeness (QED) is 0.484. The average Bonchev–Trinajstić information content (AvgIpc) is 2.45. The maximum atomic E-state index is 5.93. The Labute approximate surface area is 133 Å². The molecule has 0 spiro atoms. The van der Waals surface area contributed by atoms with Gasteiger partial charge in [0.15, 0.2) is 0 Å². The molecular formula is C17H19BrOS. The molecule has 0 N–H and O–H groups in total. The van der Waals surface area contributed by atoms with E-state index in [1.807, 2.05) is 30.0 Å². The summed E-state index contributed by atoms with van der Waals surface area (Å²) in [5, 5.41) is 0. The van der Waals surface area contributed by atoms with E-state index in [0.29, 0.717) is 5.92 Å². The summed E-state index contributed by atoms with van der Waals surface area (Å²) in [5.41, 5.74) is 1.25. The maximum Gasteiger partial charge on any atom is 0.122 e. The minimum Gasteiger partial charge on any atom is -0.492 e. The normalized spacial score (nSPS) is 10.8. The van der Waals surface area contributed by atoms with Crippen LogP contribution in [0.25, 0.3) is 0 Å². The molecule has 1 nitrogen and oxygen atoms in total. The highest BCUT2D eigenvalue weighted by atomic mass is 79.9. The van der Waals surface area contributed by atoms with E-state index in [0.717, 1.165) is 22.6 Å². The molecule has 2 aromatic rings. The number of rotatable bonds is 6. The molecule has 2 rings (SSSR count). The topological polar surface area (TPSA) is 9.23 Å². The van der Waals surface area contributed by atoms with Gasteiger partial charge in [-0.15, -0.1) is 11.8 Å². The van der Waals surface area contributed by atoms with Crippen molar-refractivity contribution in [2.75, 3.05) is 12.4 Å². The van der Waals surface area contributed by atoms with Crippen LogP contribution in [0.4, 0.5) is 0 Å². The van der Waals surface area contributed by atoms with E-state index in [2.05, 4.69) is 60.1 Å². The molecule has 0 aliphatic heterocycles. The molecule has 0 aliphatic carbocycles. The second-order valence-electron chi connectivity index (χ2n) is 4.85. The van der Waals surface area contributed by atoms with Crippen LogP contribution < -0.4 is 4.74 Å². The molecule has 0 atom stereocenters. The first-order valence-electron chi connectivity index (χ1n) is 6.77. The summed E-state index contributed by atoms with van der Waals surface area (Å²) in [4.78, 5) is 1.29. The summed E-state index contributed by atoms with van der Waals surface area (Å²) >= 11 is 5.34. The summed E-state index contributed by atoms with van der Waals surface area (Å²) in [6, 6.07) is 16.6. The lowest BCUT2D eigenvalue weighted by atomic mass is 10.0. The van der Waals surface area contributed by atoms with Crippen molar-refractivity contribution in [3.63, 3.8) is 0 Å². The highest BCUT2D eigenvalue weighted by molar-refractivity contribution is 9.10. The van der Waals surface area contributed by atoms with Crippen LogP contribution in [0.15, 0.2) is 57.9 Å². The van der Waals surface area contributed by atoms with Crippen LogP contribution in [-0.4, -0.2) is 12.4 Å². The first kappa shape index (κ1) is 15.5. The lowest BCUT2D eigenvalue weighted by molar-refractivity contribution is 0.338. The third-order valence-corrected chi connectivity index (χ3v) is 4.42. The van der Waals surface area contributed by atoms with E-state index in [-0.39, 0.29) is 0 Å². The first-order chi connectivity index (χ1) is 9.66. The van der Waals surface area contributed by atoms with Crippen molar-refractivity contribution in [2.45, 2.75) is 24.7 Å². The molecule has 3 heteroatoms. The molecule has 20 heavy (non-hydrogen) atoms. The van der Waals surface area contributed by atoms with Gasteiger partial charge in [-0.05, 0) is 41.8 Å². The van der Waals surface area contributed by atoms with Gasteiger partial charge in [0.25, 0.3) is 0 Å². The van der Waals surface area contributed by atoms with Crippen molar-refractivity contribution in [1.82, 2.24) is 0 Å². The van der Waals surface area contributed by atoms with Crippen LogP contribution >= 0.6 is 27.7 Å². The van der Waals surface area contributed by atoms with Gasteiger partial charge < -0.3 is 4.74 Å². The van der Waals surface area contributed by atoms with Crippen LogP contribution in [0.3, 0.4) is 0 Å². The van der Waals surface area contributed by atoms with E-state index in [1.54, 1.807) is 0 Å². The third kappa shape index (κ3) is 4.57. The fourth-order valence-corrected chi connectivity index (χ4v) is 3.06. The largest absolute Gasteiger partial charge is 0.492 e. The van der Waals surface area contributed by atoms with Crippen LogP contribution in [0, 0.1) is 0 Å². The Hall–Kier alpha value is -0.930. The minimum atomic E-state index is 0.462. The number of thioether (sulfide) groups is 1. The Kier molecular flexibility index (Phi) is 5.99. The predicted octanol–water partition coefficient (Wildman–Crippen LogP) is 5.74. The van der Waals surface area contributed by atoms with Gasteiger partial charge in [0.05, 0.1) is 6.61 Å². The Morgan fingerprint density at radius 3 is 2.55 bits per heavy atom. The molecule has 0 saturated heterocycles. The zero-order valence-corrected chi connectivity index (χ0v) is 14.2. The second kappa shape index (κ2) is 7.75. The van der Waals surface area contributed by atoms with Gasteiger partial charge in [0.1, 0.15) is 5.75 Å². The zero-order chi connectivity index (χ0) is 14.4. The second-order valence-corrected chi connectivity index (χ2v) is 6.93. The molecule has 0 heterocycles. The number of ether oxygens (including phenoxy) is 1. The lowest BCUT2D eigenvalue weighted by Gasteiger charge is -2.14. The van der Waals surface area contributed by atoms with Crippen LogP contribution in [-0.2, 0) is 0 Å². The molecule has 2 aromatic carbocycles. The molecule has 0 radical (unpaired) electrons. The van der Waals surface area contributed by atoms with Crippen LogP contribution in [0.2, 0.25) is 0 Å². The molecule has 0 fully saturated rings. The van der Waals surface area contributed by atoms with E-state index in [1.165, 1.54) is 10.5 Å². The van der Waals surface area contributed by atoms with E-state index in [4.69, 9.17) is 4.74 Å². The zero-order valence-electron chi connectivity index (χ0n) is 11.8. The van der Waals surface area contributed by atoms with Crippen molar-refractivity contribution in [2.24, 2.45) is 0 Å². The summed E-state index contributed by atoms with van der Waals surface area (Å²) in [5.74, 6) is 2.42. The number of hydrogen-bond acceptors (Lipinski definition) is 2. The fourth-order valence-electron chi connectivity index (χ4n) is 1.93. The van der Waals surface area contributed by atoms with Crippen molar-refractivity contribution in [3.8, 4) is 5.75 Å². The number of hydrogen-bond donors (Lipinski definition) is 0. The minimum absolute atomic E-state index is 0.462. The summed E-state index contributed by atoms with van der Waals surface area (Å²) in [7, 11) is 0. The van der Waals surface area contributed by atoms with Crippen molar-refractivity contribution in [1.29, 1.82) is 0 Å². The molecule has 106 valence electrons. The van der Waals surface area contributed by atoms with Gasteiger partial charge >= 0.3 is 0 Å². The molecular weight excluding hydrogens is 332 g/mol. The van der Waals surface area contributed by atoms with Gasteiger partial charge in [-0.2, -0.15) is 0 Å². The summed E-state index contributed by atoms with van der Waals surface area (Å²) < 4.78 is 7.04. The van der Waals surface area contributed by atoms with E-state index >= 15 is 0 Å². The Morgan fingerprint density at radius 2 is 1.85 bits per heavy atom. The first-order valence-corrected chi connectivity index (χ1v) is 8.55. The van der Waals surface area contributed by atoms with Crippen molar-refractivity contribution in [3.05, 3.63) is 58.6 Å². The van der Waals surface area contributed by atoms with Gasteiger partial charge in [0.2, 0.25) is 0 Å². The third-order valence-electron chi connectivity index (χ3n) is 2.95. The van der Waals surface area contributed by atoms with Crippen molar-refractivity contribution >= 4 is 27.7 Å². The Balaban J connectivity index is 1.88. The molecule has 0 saturated carbocycles. The smallest absolute Gasteiger partial charge is 0.122 e. The van der Waals surface area contributed by atoms with Gasteiger partial charge in [0, 0.05) is 15.1 Å². The van der Waals surface area contributed by atoms with Gasteiger partial charge in [-0.25, -0.2) is 0 Å². The summed E-state index contributed by atoms with van der Waals surface area (Å²) in [6.45, 7) is 5.10. The highest BCUT2D eigenvalue weighted by Gasteiger charge is 2.08.